The monoisotopic (exact) mass is 412 g/mol. The third kappa shape index (κ3) is 4.41. The van der Waals surface area contributed by atoms with Crippen molar-refractivity contribution in [2.24, 2.45) is 0 Å². The van der Waals surface area contributed by atoms with Gasteiger partial charge in [-0.15, -0.1) is 10.2 Å². The van der Waals surface area contributed by atoms with Gasteiger partial charge in [-0.1, -0.05) is 35.9 Å². The Kier molecular flexibility index (Phi) is 5.78. The molecule has 150 valence electrons. The predicted molar refractivity (Wildman–Crippen MR) is 110 cm³/mol. The largest absolute Gasteiger partial charge is 0.421 e. The second-order valence-electron chi connectivity index (χ2n) is 6.74. The van der Waals surface area contributed by atoms with Gasteiger partial charge in [0.05, 0.1) is 19.8 Å². The molecule has 7 nitrogen and oxygen atoms in total. The number of hydrogen-bond donors (Lipinski definition) is 0. The van der Waals surface area contributed by atoms with E-state index in [2.05, 4.69) is 10.2 Å². The topological polar surface area (TPSA) is 71.7 Å². The number of anilines is 1. The molecule has 0 spiro atoms. The summed E-state index contributed by atoms with van der Waals surface area (Å²) in [5, 5.41) is 8.41. The maximum atomic E-state index is 13.2. The average Bonchev–Trinajstić information content (AvgIpc) is 3.20. The molecule has 1 aliphatic rings. The van der Waals surface area contributed by atoms with E-state index in [-0.39, 0.29) is 6.03 Å². The quantitative estimate of drug-likeness (QED) is 0.643. The Morgan fingerprint density at radius 1 is 1.14 bits per heavy atom. The van der Waals surface area contributed by atoms with Crippen LogP contribution < -0.4 is 4.90 Å². The summed E-state index contributed by atoms with van der Waals surface area (Å²) in [4.78, 5) is 16.8. The second kappa shape index (κ2) is 8.63. The first-order valence-electron chi connectivity index (χ1n) is 9.40. The summed E-state index contributed by atoms with van der Waals surface area (Å²) in [5.74, 6) is 0.909. The molecule has 3 aromatic rings. The van der Waals surface area contributed by atoms with Crippen LogP contribution in [-0.2, 0) is 11.3 Å². The highest BCUT2D eigenvalue weighted by molar-refractivity contribution is 6.31. The van der Waals surface area contributed by atoms with Crippen LogP contribution in [-0.4, -0.2) is 47.4 Å². The minimum atomic E-state index is -0.0628. The fourth-order valence-corrected chi connectivity index (χ4v) is 3.44. The van der Waals surface area contributed by atoms with Crippen molar-refractivity contribution >= 4 is 23.3 Å². The third-order valence-corrected chi connectivity index (χ3v) is 5.09. The summed E-state index contributed by atoms with van der Waals surface area (Å²) in [6.45, 7) is 4.33. The number of morpholine rings is 1. The van der Waals surface area contributed by atoms with Gasteiger partial charge in [0, 0.05) is 36.3 Å². The summed E-state index contributed by atoms with van der Waals surface area (Å²) in [6, 6.07) is 15.1. The molecular weight excluding hydrogens is 392 g/mol. The molecule has 1 aromatic heterocycles. The standard InChI is InChI=1S/C21H21ClN4O3/c1-15-23-24-20(29-15)16-7-8-17(19(22)13-16)14-26(18-5-3-2-4-6-18)21(27)25-9-11-28-12-10-25/h2-8,13H,9-12,14H2,1H3. The number of rotatable bonds is 4. The van der Waals surface area contributed by atoms with Crippen LogP contribution in [0.25, 0.3) is 11.5 Å². The highest BCUT2D eigenvalue weighted by atomic mass is 35.5. The van der Waals surface area contributed by atoms with Gasteiger partial charge < -0.3 is 14.1 Å². The van der Waals surface area contributed by atoms with Gasteiger partial charge >= 0.3 is 6.03 Å². The summed E-state index contributed by atoms with van der Waals surface area (Å²) in [6.07, 6.45) is 0. The second-order valence-corrected chi connectivity index (χ2v) is 7.14. The van der Waals surface area contributed by atoms with Gasteiger partial charge in [-0.05, 0) is 29.8 Å². The zero-order valence-corrected chi connectivity index (χ0v) is 16.8. The van der Waals surface area contributed by atoms with E-state index in [0.29, 0.717) is 49.7 Å². The van der Waals surface area contributed by atoms with E-state index in [9.17, 15) is 4.79 Å². The first-order chi connectivity index (χ1) is 14.1. The number of benzene rings is 2. The molecule has 0 N–H and O–H groups in total. The van der Waals surface area contributed by atoms with Crippen LogP contribution in [0.15, 0.2) is 52.9 Å². The van der Waals surface area contributed by atoms with Crippen molar-refractivity contribution < 1.29 is 13.9 Å². The Balaban J connectivity index is 1.61. The van der Waals surface area contributed by atoms with Crippen molar-refractivity contribution in [2.75, 3.05) is 31.2 Å². The molecule has 0 bridgehead atoms. The number of ether oxygens (including phenoxy) is 1. The average molecular weight is 413 g/mol. The normalized spacial score (nSPS) is 14.1. The van der Waals surface area contributed by atoms with Crippen molar-refractivity contribution in [3.8, 4) is 11.5 Å². The van der Waals surface area contributed by atoms with Crippen molar-refractivity contribution in [2.45, 2.75) is 13.5 Å². The van der Waals surface area contributed by atoms with Crippen LogP contribution in [0.2, 0.25) is 5.02 Å². The molecule has 0 unspecified atom stereocenters. The number of aromatic nitrogens is 2. The fraction of sp³-hybridized carbons (Fsp3) is 0.286. The SMILES string of the molecule is Cc1nnc(-c2ccc(CN(C(=O)N3CCOCC3)c3ccccc3)c(Cl)c2)o1. The number of aryl methyl sites for hydroxylation is 1. The van der Waals surface area contributed by atoms with Gasteiger partial charge in [0.15, 0.2) is 0 Å². The Hall–Kier alpha value is -2.90. The molecule has 2 amide bonds. The van der Waals surface area contributed by atoms with E-state index in [4.69, 9.17) is 20.8 Å². The lowest BCUT2D eigenvalue weighted by Gasteiger charge is -2.33. The van der Waals surface area contributed by atoms with Crippen LogP contribution in [0.1, 0.15) is 11.5 Å². The lowest BCUT2D eigenvalue weighted by molar-refractivity contribution is 0.0548. The first kappa shape index (κ1) is 19.4. The van der Waals surface area contributed by atoms with Crippen molar-refractivity contribution in [3.05, 3.63) is 65.0 Å². The summed E-state index contributed by atoms with van der Waals surface area (Å²) >= 11 is 6.55. The van der Waals surface area contributed by atoms with Gasteiger partial charge in [0.2, 0.25) is 11.8 Å². The number of urea groups is 1. The number of nitrogens with zero attached hydrogens (tertiary/aromatic N) is 4. The number of carbonyl (C=O) groups is 1. The zero-order valence-electron chi connectivity index (χ0n) is 16.0. The van der Waals surface area contributed by atoms with Gasteiger partial charge in [-0.2, -0.15) is 0 Å². The Morgan fingerprint density at radius 3 is 2.55 bits per heavy atom. The van der Waals surface area contributed by atoms with E-state index in [0.717, 1.165) is 16.8 Å². The lowest BCUT2D eigenvalue weighted by atomic mass is 10.1. The van der Waals surface area contributed by atoms with Crippen LogP contribution in [0.4, 0.5) is 10.5 Å². The molecule has 2 heterocycles. The molecule has 29 heavy (non-hydrogen) atoms. The van der Waals surface area contributed by atoms with Crippen molar-refractivity contribution in [1.82, 2.24) is 15.1 Å². The Morgan fingerprint density at radius 2 is 1.90 bits per heavy atom. The van der Waals surface area contributed by atoms with Crippen LogP contribution in [0.5, 0.6) is 0 Å². The van der Waals surface area contributed by atoms with E-state index in [1.807, 2.05) is 42.5 Å². The fourth-order valence-electron chi connectivity index (χ4n) is 3.19. The zero-order chi connectivity index (χ0) is 20.2. The highest BCUT2D eigenvalue weighted by Crippen LogP contribution is 2.28. The number of para-hydroxylation sites is 1. The van der Waals surface area contributed by atoms with Gasteiger partial charge in [0.25, 0.3) is 0 Å². The third-order valence-electron chi connectivity index (χ3n) is 4.73. The molecule has 1 saturated heterocycles. The molecule has 2 aromatic carbocycles. The molecule has 0 atom stereocenters. The minimum Gasteiger partial charge on any atom is -0.421 e. The predicted octanol–water partition coefficient (Wildman–Crippen LogP) is 4.16. The van der Waals surface area contributed by atoms with Gasteiger partial charge in [0.1, 0.15) is 0 Å². The van der Waals surface area contributed by atoms with E-state index >= 15 is 0 Å². The minimum absolute atomic E-state index is 0.0628. The molecule has 0 aliphatic carbocycles. The number of hydrogen-bond acceptors (Lipinski definition) is 5. The molecule has 0 saturated carbocycles. The van der Waals surface area contributed by atoms with Crippen LogP contribution in [0.3, 0.4) is 0 Å². The summed E-state index contributed by atoms with van der Waals surface area (Å²) in [5.41, 5.74) is 2.39. The Bertz CT molecular complexity index is 987. The van der Waals surface area contributed by atoms with Crippen LogP contribution >= 0.6 is 11.6 Å². The molecule has 4 rings (SSSR count). The maximum Gasteiger partial charge on any atom is 0.324 e. The number of amides is 2. The molecular formula is C21H21ClN4O3. The summed E-state index contributed by atoms with van der Waals surface area (Å²) < 4.78 is 10.8. The van der Waals surface area contributed by atoms with E-state index in [1.165, 1.54) is 0 Å². The first-order valence-corrected chi connectivity index (χ1v) is 9.78. The smallest absolute Gasteiger partial charge is 0.324 e. The van der Waals surface area contributed by atoms with E-state index < -0.39 is 0 Å². The van der Waals surface area contributed by atoms with Crippen LogP contribution in [0, 0.1) is 6.92 Å². The molecule has 1 aliphatic heterocycles. The lowest BCUT2D eigenvalue weighted by Crippen LogP contribution is -2.48. The maximum absolute atomic E-state index is 13.2. The molecule has 0 radical (unpaired) electrons. The Labute approximate surface area is 173 Å². The molecule has 1 fully saturated rings. The number of halogens is 1. The number of carbonyl (C=O) groups excluding carboxylic acids is 1. The van der Waals surface area contributed by atoms with Gasteiger partial charge in [-0.3, -0.25) is 4.90 Å². The molecule has 8 heteroatoms. The van der Waals surface area contributed by atoms with Gasteiger partial charge in [-0.25, -0.2) is 4.79 Å². The van der Waals surface area contributed by atoms with Crippen molar-refractivity contribution in [3.63, 3.8) is 0 Å². The highest BCUT2D eigenvalue weighted by Gasteiger charge is 2.25. The van der Waals surface area contributed by atoms with Crippen molar-refractivity contribution in [1.29, 1.82) is 0 Å². The summed E-state index contributed by atoms with van der Waals surface area (Å²) in [7, 11) is 0. The van der Waals surface area contributed by atoms with E-state index in [1.54, 1.807) is 22.8 Å².